The van der Waals surface area contributed by atoms with Crippen molar-refractivity contribution in [2.45, 2.75) is 32.5 Å². The highest BCUT2D eigenvalue weighted by Crippen LogP contribution is 2.23. The lowest BCUT2D eigenvalue weighted by atomic mass is 10.2. The summed E-state index contributed by atoms with van der Waals surface area (Å²) in [4.78, 5) is 35.8. The van der Waals surface area contributed by atoms with E-state index in [1.807, 2.05) is 6.07 Å². The first-order valence-corrected chi connectivity index (χ1v) is 8.90. The molecule has 1 heterocycles. The van der Waals surface area contributed by atoms with Gasteiger partial charge in [0.2, 0.25) is 0 Å². The maximum absolute atomic E-state index is 12.3. The number of esters is 1. The fourth-order valence-electron chi connectivity index (χ4n) is 2.08. The van der Waals surface area contributed by atoms with Crippen LogP contribution in [0.2, 0.25) is 0 Å². The van der Waals surface area contributed by atoms with E-state index in [2.05, 4.69) is 5.32 Å². The molecule has 138 valence electrons. The Morgan fingerprint density at radius 3 is 2.50 bits per heavy atom. The van der Waals surface area contributed by atoms with Gasteiger partial charge in [-0.2, -0.15) is 0 Å². The van der Waals surface area contributed by atoms with E-state index in [4.69, 9.17) is 15.2 Å². The summed E-state index contributed by atoms with van der Waals surface area (Å²) in [6.45, 7) is 3.23. The smallest absolute Gasteiger partial charge is 0.348 e. The number of ether oxygens (including phenoxy) is 2. The van der Waals surface area contributed by atoms with Gasteiger partial charge in [0, 0.05) is 0 Å². The van der Waals surface area contributed by atoms with Crippen LogP contribution in [0.1, 0.15) is 30.6 Å². The highest BCUT2D eigenvalue weighted by atomic mass is 32.1. The molecule has 2 aromatic rings. The van der Waals surface area contributed by atoms with Crippen LogP contribution in [0.5, 0.6) is 5.75 Å². The van der Waals surface area contributed by atoms with Crippen molar-refractivity contribution in [3.63, 3.8) is 0 Å². The predicted molar refractivity (Wildman–Crippen MR) is 98.2 cm³/mol. The first-order chi connectivity index (χ1) is 12.4. The molecule has 0 aliphatic heterocycles. The second-order valence-electron chi connectivity index (χ2n) is 5.42. The van der Waals surface area contributed by atoms with Gasteiger partial charge < -0.3 is 20.5 Å². The maximum Gasteiger partial charge on any atom is 0.348 e. The summed E-state index contributed by atoms with van der Waals surface area (Å²) >= 11 is 1.16. The number of para-hydroxylation sites is 1. The Balaban J connectivity index is 1.95. The maximum atomic E-state index is 12.3. The van der Waals surface area contributed by atoms with Crippen molar-refractivity contribution in [2.75, 3.05) is 5.32 Å². The Hall–Kier alpha value is -2.87. The number of benzene rings is 1. The Bertz CT molecular complexity index is 775. The van der Waals surface area contributed by atoms with Crippen LogP contribution < -0.4 is 15.8 Å². The van der Waals surface area contributed by atoms with Crippen molar-refractivity contribution < 1.29 is 23.9 Å². The highest BCUT2D eigenvalue weighted by Gasteiger charge is 2.26. The van der Waals surface area contributed by atoms with E-state index < -0.39 is 30.0 Å². The minimum absolute atomic E-state index is 0.209. The van der Waals surface area contributed by atoms with Crippen LogP contribution >= 0.6 is 11.3 Å². The van der Waals surface area contributed by atoms with E-state index in [9.17, 15) is 14.4 Å². The Morgan fingerprint density at radius 2 is 1.88 bits per heavy atom. The predicted octanol–water partition coefficient (Wildman–Crippen LogP) is 2.57. The van der Waals surface area contributed by atoms with Crippen molar-refractivity contribution >= 4 is 34.1 Å². The molecule has 0 radical (unpaired) electrons. The standard InChI is InChI=1S/C18H20N2O5S/c1-3-14(25-12-7-5-4-6-8-12)18(23)24-11(2)16(22)20-17-13(15(19)21)9-10-26-17/h4-11,14H,3H2,1-2H3,(H2,19,21)(H,20,22)/t11-,14+/m0/s1. The van der Waals surface area contributed by atoms with Gasteiger partial charge >= 0.3 is 5.97 Å². The van der Waals surface area contributed by atoms with Crippen molar-refractivity contribution in [2.24, 2.45) is 5.73 Å². The van der Waals surface area contributed by atoms with Gasteiger partial charge in [-0.3, -0.25) is 9.59 Å². The number of carbonyl (C=O) groups is 3. The molecule has 0 saturated heterocycles. The molecular formula is C18H20N2O5S. The molecule has 1 aromatic heterocycles. The summed E-state index contributed by atoms with van der Waals surface area (Å²) in [7, 11) is 0. The highest BCUT2D eigenvalue weighted by molar-refractivity contribution is 7.14. The fourth-order valence-corrected chi connectivity index (χ4v) is 2.87. The van der Waals surface area contributed by atoms with E-state index in [-0.39, 0.29) is 5.56 Å². The number of primary amides is 1. The number of nitrogens with one attached hydrogen (secondary N) is 1. The number of carbonyl (C=O) groups excluding carboxylic acids is 3. The van der Waals surface area contributed by atoms with Crippen molar-refractivity contribution in [3.05, 3.63) is 47.3 Å². The van der Waals surface area contributed by atoms with Crippen LogP contribution in [0.25, 0.3) is 0 Å². The van der Waals surface area contributed by atoms with Gasteiger partial charge in [0.05, 0.1) is 5.56 Å². The van der Waals surface area contributed by atoms with E-state index in [0.29, 0.717) is 17.2 Å². The molecule has 2 atom stereocenters. The van der Waals surface area contributed by atoms with Crippen LogP contribution in [-0.4, -0.2) is 30.0 Å². The average Bonchev–Trinajstić information content (AvgIpc) is 3.08. The minimum atomic E-state index is -1.06. The molecule has 0 aliphatic rings. The van der Waals surface area contributed by atoms with Crippen LogP contribution in [0, 0.1) is 0 Å². The average molecular weight is 376 g/mol. The quantitative estimate of drug-likeness (QED) is 0.689. The number of hydrogen-bond acceptors (Lipinski definition) is 6. The monoisotopic (exact) mass is 376 g/mol. The molecule has 3 N–H and O–H groups in total. The zero-order valence-corrected chi connectivity index (χ0v) is 15.2. The molecule has 0 fully saturated rings. The Labute approximate surface area is 155 Å². The number of nitrogens with two attached hydrogens (primary N) is 1. The third-order valence-corrected chi connectivity index (χ3v) is 4.31. The third kappa shape index (κ3) is 5.06. The number of hydrogen-bond donors (Lipinski definition) is 2. The lowest BCUT2D eigenvalue weighted by Gasteiger charge is -2.19. The van der Waals surface area contributed by atoms with Gasteiger partial charge in [-0.05, 0) is 36.9 Å². The molecule has 0 unspecified atom stereocenters. The van der Waals surface area contributed by atoms with Crippen LogP contribution in [-0.2, 0) is 14.3 Å². The molecule has 0 saturated carbocycles. The summed E-state index contributed by atoms with van der Waals surface area (Å²) in [6, 6.07) is 10.4. The molecule has 0 spiro atoms. The first kappa shape index (κ1) is 19.5. The van der Waals surface area contributed by atoms with Crippen LogP contribution in [0.3, 0.4) is 0 Å². The van der Waals surface area contributed by atoms with E-state index in [1.165, 1.54) is 13.0 Å². The topological polar surface area (TPSA) is 108 Å². The van der Waals surface area contributed by atoms with E-state index in [0.717, 1.165) is 11.3 Å². The second-order valence-corrected chi connectivity index (χ2v) is 6.34. The summed E-state index contributed by atoms with van der Waals surface area (Å²) in [5, 5.41) is 4.49. The molecule has 0 aliphatic carbocycles. The van der Waals surface area contributed by atoms with Gasteiger partial charge in [-0.15, -0.1) is 11.3 Å². The third-order valence-electron chi connectivity index (χ3n) is 3.48. The van der Waals surface area contributed by atoms with Gasteiger partial charge in [0.15, 0.2) is 12.2 Å². The molecular weight excluding hydrogens is 356 g/mol. The SMILES string of the molecule is CC[C@@H](Oc1ccccc1)C(=O)O[C@@H](C)C(=O)Nc1sccc1C(N)=O. The zero-order valence-electron chi connectivity index (χ0n) is 14.4. The zero-order chi connectivity index (χ0) is 19.1. The van der Waals surface area contributed by atoms with Gasteiger partial charge in [0.1, 0.15) is 10.8 Å². The lowest BCUT2D eigenvalue weighted by Crippen LogP contribution is -2.36. The first-order valence-electron chi connectivity index (χ1n) is 8.02. The number of thiophene rings is 1. The summed E-state index contributed by atoms with van der Waals surface area (Å²) in [6.07, 6.45) is -1.49. The van der Waals surface area contributed by atoms with Crippen molar-refractivity contribution in [1.82, 2.24) is 0 Å². The molecule has 7 nitrogen and oxygen atoms in total. The minimum Gasteiger partial charge on any atom is -0.479 e. The second kappa shape index (κ2) is 9.00. The van der Waals surface area contributed by atoms with Gasteiger partial charge in [0.25, 0.3) is 11.8 Å². The summed E-state index contributed by atoms with van der Waals surface area (Å²) in [5.41, 5.74) is 5.45. The molecule has 8 heteroatoms. The molecule has 0 bridgehead atoms. The summed E-state index contributed by atoms with van der Waals surface area (Å²) < 4.78 is 10.8. The molecule has 2 rings (SSSR count). The van der Waals surface area contributed by atoms with Crippen molar-refractivity contribution in [3.8, 4) is 5.75 Å². The van der Waals surface area contributed by atoms with Crippen LogP contribution in [0.15, 0.2) is 41.8 Å². The van der Waals surface area contributed by atoms with Crippen LogP contribution in [0.4, 0.5) is 5.00 Å². The normalized spacial score (nSPS) is 12.7. The number of amides is 2. The Morgan fingerprint density at radius 1 is 1.19 bits per heavy atom. The lowest BCUT2D eigenvalue weighted by molar-refractivity contribution is -0.160. The molecule has 2 amide bonds. The largest absolute Gasteiger partial charge is 0.479 e. The number of rotatable bonds is 8. The fraction of sp³-hybridized carbons (Fsp3) is 0.278. The Kier molecular flexibility index (Phi) is 6.74. The van der Waals surface area contributed by atoms with Gasteiger partial charge in [-0.1, -0.05) is 25.1 Å². The van der Waals surface area contributed by atoms with Gasteiger partial charge in [-0.25, -0.2) is 4.79 Å². The van der Waals surface area contributed by atoms with E-state index >= 15 is 0 Å². The molecule has 26 heavy (non-hydrogen) atoms. The molecule has 1 aromatic carbocycles. The number of anilines is 1. The summed E-state index contributed by atoms with van der Waals surface area (Å²) in [5.74, 6) is -1.30. The van der Waals surface area contributed by atoms with E-state index in [1.54, 1.807) is 36.6 Å². The van der Waals surface area contributed by atoms with Crippen molar-refractivity contribution in [1.29, 1.82) is 0 Å².